The summed E-state index contributed by atoms with van der Waals surface area (Å²) in [6.45, 7) is 6.85. The van der Waals surface area contributed by atoms with Crippen LogP contribution in [-0.2, 0) is 6.54 Å². The lowest BCUT2D eigenvalue weighted by molar-refractivity contribution is 0.304. The van der Waals surface area contributed by atoms with E-state index in [4.69, 9.17) is 5.11 Å². The molecule has 0 fully saturated rings. The molecule has 0 spiro atoms. The number of hydrogen-bond acceptors (Lipinski definition) is 4. The van der Waals surface area contributed by atoms with Crippen molar-refractivity contribution in [2.75, 3.05) is 31.6 Å². The minimum atomic E-state index is 0.128. The van der Waals surface area contributed by atoms with Crippen molar-refractivity contribution in [3.8, 4) is 0 Å². The van der Waals surface area contributed by atoms with Crippen LogP contribution in [-0.4, -0.2) is 41.2 Å². The molecule has 110 valence electrons. The van der Waals surface area contributed by atoms with Gasteiger partial charge in [-0.15, -0.1) is 0 Å². The molecule has 0 aliphatic carbocycles. The Morgan fingerprint density at radius 1 is 1.40 bits per heavy atom. The highest BCUT2D eigenvalue weighted by molar-refractivity contribution is 5.55. The topological polar surface area (TPSA) is 52.8 Å². The zero-order valence-electron chi connectivity index (χ0n) is 12.5. The molecule has 0 saturated carbocycles. The second kappa shape index (κ2) is 6.72. The van der Waals surface area contributed by atoms with Crippen molar-refractivity contribution in [2.24, 2.45) is 5.92 Å². The maximum Gasteiger partial charge on any atom is 0.152 e. The van der Waals surface area contributed by atoms with Crippen LogP contribution in [0, 0.1) is 5.92 Å². The Kier molecular flexibility index (Phi) is 4.98. The first kappa shape index (κ1) is 14.8. The fourth-order valence-electron chi connectivity index (χ4n) is 2.24. The highest BCUT2D eigenvalue weighted by Gasteiger charge is 2.14. The zero-order chi connectivity index (χ0) is 14.5. The average molecular weight is 276 g/mol. The van der Waals surface area contributed by atoms with Crippen molar-refractivity contribution < 1.29 is 5.11 Å². The van der Waals surface area contributed by atoms with Crippen LogP contribution in [0.3, 0.4) is 0 Å². The van der Waals surface area contributed by atoms with Gasteiger partial charge in [-0.1, -0.05) is 19.9 Å². The van der Waals surface area contributed by atoms with Crippen molar-refractivity contribution in [3.63, 3.8) is 0 Å². The maximum atomic E-state index is 9.12. The lowest BCUT2D eigenvalue weighted by atomic mass is 10.2. The van der Waals surface area contributed by atoms with E-state index in [0.29, 0.717) is 12.5 Å². The Hall–Kier alpha value is -1.59. The number of nitrogens with one attached hydrogen (secondary N) is 1. The predicted molar refractivity (Wildman–Crippen MR) is 82.1 cm³/mol. The molecule has 20 heavy (non-hydrogen) atoms. The summed E-state index contributed by atoms with van der Waals surface area (Å²) in [5.41, 5.74) is 2.07. The minimum absolute atomic E-state index is 0.128. The molecule has 2 heterocycles. The Bertz CT molecular complexity index is 550. The molecule has 0 aliphatic rings. The number of aliphatic hydroxyl groups is 1. The number of aromatic nitrogens is 2. The largest absolute Gasteiger partial charge is 0.395 e. The van der Waals surface area contributed by atoms with Gasteiger partial charge in [0, 0.05) is 26.3 Å². The molecule has 2 aromatic rings. The molecule has 0 radical (unpaired) electrons. The van der Waals surface area contributed by atoms with Gasteiger partial charge in [0.15, 0.2) is 5.82 Å². The summed E-state index contributed by atoms with van der Waals surface area (Å²) >= 11 is 0. The van der Waals surface area contributed by atoms with Gasteiger partial charge in [-0.25, -0.2) is 4.98 Å². The van der Waals surface area contributed by atoms with Gasteiger partial charge in [0.1, 0.15) is 5.65 Å². The Labute approximate surface area is 120 Å². The van der Waals surface area contributed by atoms with Gasteiger partial charge in [0.25, 0.3) is 0 Å². The van der Waals surface area contributed by atoms with Gasteiger partial charge in [0.05, 0.1) is 12.3 Å². The van der Waals surface area contributed by atoms with Crippen molar-refractivity contribution in [1.29, 1.82) is 0 Å². The summed E-state index contributed by atoms with van der Waals surface area (Å²) in [5.74, 6) is 1.55. The Morgan fingerprint density at radius 2 is 2.20 bits per heavy atom. The third kappa shape index (κ3) is 3.29. The molecule has 0 aromatic carbocycles. The van der Waals surface area contributed by atoms with E-state index in [2.05, 4.69) is 28.5 Å². The number of likely N-dealkylation sites (N-methyl/N-ethyl adjacent to an activating group) is 1. The smallest absolute Gasteiger partial charge is 0.152 e. The van der Waals surface area contributed by atoms with Gasteiger partial charge in [-0.2, -0.15) is 0 Å². The van der Waals surface area contributed by atoms with Gasteiger partial charge < -0.3 is 19.7 Å². The highest BCUT2D eigenvalue weighted by atomic mass is 16.3. The Balaban J connectivity index is 2.29. The second-order valence-electron chi connectivity index (χ2n) is 5.48. The number of anilines is 1. The summed E-state index contributed by atoms with van der Waals surface area (Å²) in [5, 5.41) is 12.6. The fourth-order valence-corrected chi connectivity index (χ4v) is 2.24. The number of pyridine rings is 1. The molecule has 2 rings (SSSR count). The number of rotatable bonds is 7. The molecule has 0 saturated heterocycles. The van der Waals surface area contributed by atoms with Crippen LogP contribution >= 0.6 is 0 Å². The molecule has 2 aromatic heterocycles. The van der Waals surface area contributed by atoms with E-state index in [1.54, 1.807) is 0 Å². The molecule has 0 bridgehead atoms. The monoisotopic (exact) mass is 276 g/mol. The quantitative estimate of drug-likeness (QED) is 0.805. The van der Waals surface area contributed by atoms with E-state index in [1.807, 2.05) is 36.3 Å². The summed E-state index contributed by atoms with van der Waals surface area (Å²) in [6, 6.07) is 6.00. The predicted octanol–water partition coefficient (Wildman–Crippen LogP) is 1.51. The summed E-state index contributed by atoms with van der Waals surface area (Å²) in [4.78, 5) is 6.67. The highest BCUT2D eigenvalue weighted by Crippen LogP contribution is 2.20. The molecular weight excluding hydrogens is 252 g/mol. The molecule has 5 nitrogen and oxygen atoms in total. The average Bonchev–Trinajstić information content (AvgIpc) is 2.78. The molecular formula is C15H24N4O. The Morgan fingerprint density at radius 3 is 2.90 bits per heavy atom. The summed E-state index contributed by atoms with van der Waals surface area (Å²) in [6.07, 6.45) is 2.03. The molecule has 2 N–H and O–H groups in total. The molecule has 0 aliphatic heterocycles. The van der Waals surface area contributed by atoms with Gasteiger partial charge in [-0.3, -0.25) is 0 Å². The van der Waals surface area contributed by atoms with Crippen LogP contribution in [0.25, 0.3) is 5.65 Å². The summed E-state index contributed by atoms with van der Waals surface area (Å²) in [7, 11) is 1.96. The molecule has 0 atom stereocenters. The zero-order valence-corrected chi connectivity index (χ0v) is 12.5. The lowest BCUT2D eigenvalue weighted by Gasteiger charge is -2.17. The first-order valence-electron chi connectivity index (χ1n) is 7.12. The van der Waals surface area contributed by atoms with Crippen LogP contribution < -0.4 is 10.2 Å². The van der Waals surface area contributed by atoms with E-state index >= 15 is 0 Å². The van der Waals surface area contributed by atoms with E-state index in [9.17, 15) is 0 Å². The van der Waals surface area contributed by atoms with Gasteiger partial charge in [0.2, 0.25) is 0 Å². The van der Waals surface area contributed by atoms with E-state index in [0.717, 1.165) is 30.2 Å². The van der Waals surface area contributed by atoms with Gasteiger partial charge >= 0.3 is 0 Å². The van der Waals surface area contributed by atoms with Crippen molar-refractivity contribution in [1.82, 2.24) is 14.7 Å². The standard InChI is InChI=1S/C15H24N4O/c1-12(2)10-16-11-13-15(18(3)8-9-20)17-14-6-4-5-7-19(13)14/h4-7,12,16,20H,8-11H2,1-3H3. The number of fused-ring (bicyclic) bond motifs is 1. The van der Waals surface area contributed by atoms with Crippen molar-refractivity contribution in [2.45, 2.75) is 20.4 Å². The van der Waals surface area contributed by atoms with Crippen LogP contribution in [0.15, 0.2) is 24.4 Å². The van der Waals surface area contributed by atoms with E-state index < -0.39 is 0 Å². The third-order valence-electron chi connectivity index (χ3n) is 3.25. The third-order valence-corrected chi connectivity index (χ3v) is 3.25. The maximum absolute atomic E-state index is 9.12. The summed E-state index contributed by atoms with van der Waals surface area (Å²) < 4.78 is 2.11. The van der Waals surface area contributed by atoms with Crippen LogP contribution in [0.5, 0.6) is 0 Å². The van der Waals surface area contributed by atoms with Crippen LogP contribution in [0.2, 0.25) is 0 Å². The van der Waals surface area contributed by atoms with Crippen molar-refractivity contribution in [3.05, 3.63) is 30.1 Å². The number of imidazole rings is 1. The number of aliphatic hydroxyl groups excluding tert-OH is 1. The molecule has 5 heteroatoms. The van der Waals surface area contributed by atoms with Crippen LogP contribution in [0.4, 0.5) is 5.82 Å². The SMILES string of the molecule is CC(C)CNCc1c(N(C)CCO)nc2ccccn12. The van der Waals surface area contributed by atoms with E-state index in [1.165, 1.54) is 0 Å². The fraction of sp³-hybridized carbons (Fsp3) is 0.533. The first-order valence-corrected chi connectivity index (χ1v) is 7.12. The minimum Gasteiger partial charge on any atom is -0.395 e. The van der Waals surface area contributed by atoms with Crippen LogP contribution in [0.1, 0.15) is 19.5 Å². The van der Waals surface area contributed by atoms with E-state index in [-0.39, 0.29) is 6.61 Å². The molecule has 0 amide bonds. The molecule has 0 unspecified atom stereocenters. The van der Waals surface area contributed by atoms with Crippen molar-refractivity contribution >= 4 is 11.5 Å². The number of hydrogen-bond donors (Lipinski definition) is 2. The normalized spacial score (nSPS) is 11.4. The lowest BCUT2D eigenvalue weighted by Crippen LogP contribution is -2.25. The first-order chi connectivity index (χ1) is 9.63. The number of nitrogens with zero attached hydrogens (tertiary/aromatic N) is 3. The second-order valence-corrected chi connectivity index (χ2v) is 5.48. The van der Waals surface area contributed by atoms with Gasteiger partial charge in [-0.05, 0) is 24.6 Å².